The Morgan fingerprint density at radius 1 is 1.26 bits per heavy atom. The van der Waals surface area contributed by atoms with Crippen LogP contribution in [-0.4, -0.2) is 30.6 Å². The monoisotopic (exact) mass is 272 g/mol. The fraction of sp³-hybridized carbons (Fsp3) is 0.500. The highest BCUT2D eigenvalue weighted by atomic mass is 32.1. The van der Waals surface area contributed by atoms with E-state index in [-0.39, 0.29) is 0 Å². The van der Waals surface area contributed by atoms with Gasteiger partial charge in [-0.3, -0.25) is 4.90 Å². The topological polar surface area (TPSA) is 15.3 Å². The summed E-state index contributed by atoms with van der Waals surface area (Å²) in [5.74, 6) is 0.956. The minimum atomic E-state index is 0.771. The number of nitrogens with one attached hydrogen (secondary N) is 1. The number of hydrogen-bond acceptors (Lipinski definition) is 3. The lowest BCUT2D eigenvalue weighted by Gasteiger charge is -2.36. The van der Waals surface area contributed by atoms with Gasteiger partial charge in [-0.25, -0.2) is 0 Å². The van der Waals surface area contributed by atoms with Crippen molar-refractivity contribution in [3.63, 3.8) is 0 Å². The minimum absolute atomic E-state index is 0.771. The van der Waals surface area contributed by atoms with Gasteiger partial charge in [-0.1, -0.05) is 18.2 Å². The first-order valence-electron chi connectivity index (χ1n) is 7.32. The summed E-state index contributed by atoms with van der Waals surface area (Å²) in [6.07, 6.45) is 2.88. The molecular weight excluding hydrogens is 252 g/mol. The third-order valence-corrected chi connectivity index (χ3v) is 5.51. The fourth-order valence-electron chi connectivity index (χ4n) is 3.28. The van der Waals surface area contributed by atoms with Gasteiger partial charge in [0, 0.05) is 36.9 Å². The molecule has 1 aromatic heterocycles. The number of thiophene rings is 1. The first-order chi connectivity index (χ1) is 9.42. The quantitative estimate of drug-likeness (QED) is 0.923. The van der Waals surface area contributed by atoms with Crippen molar-refractivity contribution in [2.45, 2.75) is 25.4 Å². The van der Waals surface area contributed by atoms with Crippen LogP contribution in [0, 0.1) is 5.92 Å². The Morgan fingerprint density at radius 3 is 3.05 bits per heavy atom. The van der Waals surface area contributed by atoms with Crippen molar-refractivity contribution in [2.24, 2.45) is 5.92 Å². The molecule has 1 saturated heterocycles. The van der Waals surface area contributed by atoms with E-state index in [4.69, 9.17) is 0 Å². The molecule has 1 aromatic carbocycles. The lowest BCUT2D eigenvalue weighted by atomic mass is 10.1. The Balaban J connectivity index is 1.59. The van der Waals surface area contributed by atoms with Crippen LogP contribution in [0.3, 0.4) is 0 Å². The second-order valence-corrected chi connectivity index (χ2v) is 6.75. The predicted octanol–water partition coefficient (Wildman–Crippen LogP) is 3.09. The molecule has 1 aliphatic carbocycles. The van der Waals surface area contributed by atoms with Crippen LogP contribution in [0.1, 0.15) is 18.4 Å². The molecule has 0 bridgehead atoms. The van der Waals surface area contributed by atoms with E-state index in [1.807, 2.05) is 11.3 Å². The zero-order chi connectivity index (χ0) is 12.7. The van der Waals surface area contributed by atoms with Crippen molar-refractivity contribution in [2.75, 3.05) is 19.6 Å². The third-order valence-electron chi connectivity index (χ3n) is 4.50. The first-order valence-corrected chi connectivity index (χ1v) is 8.19. The highest BCUT2D eigenvalue weighted by molar-refractivity contribution is 7.17. The number of fused-ring (bicyclic) bond motifs is 1. The highest BCUT2D eigenvalue weighted by Crippen LogP contribution is 2.37. The van der Waals surface area contributed by atoms with Crippen LogP contribution in [-0.2, 0) is 6.54 Å². The van der Waals surface area contributed by atoms with Crippen molar-refractivity contribution < 1.29 is 0 Å². The van der Waals surface area contributed by atoms with E-state index in [0.717, 1.165) is 25.0 Å². The van der Waals surface area contributed by atoms with Crippen molar-refractivity contribution in [3.8, 4) is 0 Å². The van der Waals surface area contributed by atoms with Gasteiger partial charge in [-0.05, 0) is 41.2 Å². The maximum absolute atomic E-state index is 3.56. The number of piperazine rings is 1. The standard InChI is InChI=1S/C16H20N2S/c1-2-4-16-14(3-1)13(11-19-16)10-18-8-7-17-9-15(18)12-5-6-12/h1-4,11-12,15,17H,5-10H2. The molecule has 19 heavy (non-hydrogen) atoms. The number of hydrogen-bond donors (Lipinski definition) is 1. The van der Waals surface area contributed by atoms with E-state index in [0.29, 0.717) is 0 Å². The molecule has 1 unspecified atom stereocenters. The van der Waals surface area contributed by atoms with Crippen molar-refractivity contribution in [1.82, 2.24) is 10.2 Å². The molecule has 2 nitrogen and oxygen atoms in total. The molecule has 100 valence electrons. The lowest BCUT2D eigenvalue weighted by molar-refractivity contribution is 0.136. The number of benzene rings is 1. The van der Waals surface area contributed by atoms with Crippen LogP contribution in [0.15, 0.2) is 29.6 Å². The second kappa shape index (κ2) is 4.89. The smallest absolute Gasteiger partial charge is 0.0346 e. The van der Waals surface area contributed by atoms with Gasteiger partial charge in [0.25, 0.3) is 0 Å². The summed E-state index contributed by atoms with van der Waals surface area (Å²) in [7, 11) is 0. The molecule has 3 heteroatoms. The van der Waals surface area contributed by atoms with E-state index in [1.165, 1.54) is 41.6 Å². The molecule has 1 aliphatic heterocycles. The van der Waals surface area contributed by atoms with E-state index < -0.39 is 0 Å². The van der Waals surface area contributed by atoms with E-state index in [1.54, 1.807) is 0 Å². The predicted molar refractivity (Wildman–Crippen MR) is 81.6 cm³/mol. The summed E-state index contributed by atoms with van der Waals surface area (Å²) in [5.41, 5.74) is 1.52. The SMILES string of the molecule is c1ccc2c(CN3CCNCC3C3CC3)csc2c1. The van der Waals surface area contributed by atoms with Crippen molar-refractivity contribution in [1.29, 1.82) is 0 Å². The lowest BCUT2D eigenvalue weighted by Crippen LogP contribution is -2.51. The Morgan fingerprint density at radius 2 is 2.16 bits per heavy atom. The molecule has 0 spiro atoms. The maximum Gasteiger partial charge on any atom is 0.0346 e. The summed E-state index contributed by atoms with van der Waals surface area (Å²) in [4.78, 5) is 2.71. The fourth-order valence-corrected chi connectivity index (χ4v) is 4.24. The van der Waals surface area contributed by atoms with Gasteiger partial charge >= 0.3 is 0 Å². The molecule has 2 fully saturated rings. The highest BCUT2D eigenvalue weighted by Gasteiger charge is 2.36. The zero-order valence-corrected chi connectivity index (χ0v) is 12.0. The summed E-state index contributed by atoms with van der Waals surface area (Å²) >= 11 is 1.89. The Labute approximate surface area is 118 Å². The number of rotatable bonds is 3. The van der Waals surface area contributed by atoms with Gasteiger partial charge in [0.1, 0.15) is 0 Å². The van der Waals surface area contributed by atoms with Crippen molar-refractivity contribution >= 4 is 21.4 Å². The van der Waals surface area contributed by atoms with Crippen molar-refractivity contribution in [3.05, 3.63) is 35.2 Å². The molecule has 1 saturated carbocycles. The van der Waals surface area contributed by atoms with Gasteiger partial charge in [0.05, 0.1) is 0 Å². The Bertz CT molecular complexity index is 573. The van der Waals surface area contributed by atoms with Gasteiger partial charge < -0.3 is 5.32 Å². The van der Waals surface area contributed by atoms with Crippen LogP contribution < -0.4 is 5.32 Å². The average Bonchev–Trinajstić information content (AvgIpc) is 3.22. The normalized spacial score (nSPS) is 24.9. The summed E-state index contributed by atoms with van der Waals surface area (Å²) in [5, 5.41) is 7.38. The van der Waals surface area contributed by atoms with Gasteiger partial charge in [0.15, 0.2) is 0 Å². The molecule has 2 aliphatic rings. The molecule has 1 N–H and O–H groups in total. The van der Waals surface area contributed by atoms with Crippen LogP contribution in [0.25, 0.3) is 10.1 Å². The van der Waals surface area contributed by atoms with Gasteiger partial charge in [0.2, 0.25) is 0 Å². The first kappa shape index (κ1) is 11.9. The Hall–Kier alpha value is -0.900. The molecule has 1 atom stereocenters. The molecular formula is C16H20N2S. The molecule has 0 radical (unpaired) electrons. The van der Waals surface area contributed by atoms with Gasteiger partial charge in [-0.2, -0.15) is 0 Å². The largest absolute Gasteiger partial charge is 0.314 e. The van der Waals surface area contributed by atoms with Crippen LogP contribution in [0.5, 0.6) is 0 Å². The molecule has 4 rings (SSSR count). The Kier molecular flexibility index (Phi) is 3.06. The van der Waals surface area contributed by atoms with E-state index in [9.17, 15) is 0 Å². The van der Waals surface area contributed by atoms with Gasteiger partial charge in [-0.15, -0.1) is 11.3 Å². The average molecular weight is 272 g/mol. The van der Waals surface area contributed by atoms with E-state index >= 15 is 0 Å². The third kappa shape index (κ3) is 2.31. The van der Waals surface area contributed by atoms with Crippen LogP contribution >= 0.6 is 11.3 Å². The zero-order valence-electron chi connectivity index (χ0n) is 11.1. The van der Waals surface area contributed by atoms with Crippen LogP contribution in [0.2, 0.25) is 0 Å². The molecule has 2 heterocycles. The van der Waals surface area contributed by atoms with Crippen LogP contribution in [0.4, 0.5) is 0 Å². The minimum Gasteiger partial charge on any atom is -0.314 e. The number of nitrogens with zero attached hydrogens (tertiary/aromatic N) is 1. The summed E-state index contributed by atoms with van der Waals surface area (Å²) in [6.45, 7) is 4.66. The maximum atomic E-state index is 3.56. The molecule has 2 aromatic rings. The van der Waals surface area contributed by atoms with E-state index in [2.05, 4.69) is 39.9 Å². The molecule has 0 amide bonds. The summed E-state index contributed by atoms with van der Waals surface area (Å²) < 4.78 is 1.43. The second-order valence-electron chi connectivity index (χ2n) is 5.84. The summed E-state index contributed by atoms with van der Waals surface area (Å²) in [6, 6.07) is 9.58.